The molecule has 0 aromatic rings. The van der Waals surface area contributed by atoms with Crippen molar-refractivity contribution in [3.8, 4) is 0 Å². The Kier molecular flexibility index (Phi) is 5.74. The summed E-state index contributed by atoms with van der Waals surface area (Å²) in [7, 11) is 0. The molecule has 0 amide bonds. The second-order valence-corrected chi connectivity index (χ2v) is 9.59. The van der Waals surface area contributed by atoms with Crippen molar-refractivity contribution in [1.29, 1.82) is 0 Å². The minimum absolute atomic E-state index is 0.130. The van der Waals surface area contributed by atoms with E-state index in [-0.39, 0.29) is 23.0 Å². The van der Waals surface area contributed by atoms with Crippen LogP contribution in [0.15, 0.2) is 47.1 Å². The van der Waals surface area contributed by atoms with E-state index in [2.05, 4.69) is 58.9 Å². The van der Waals surface area contributed by atoms with Gasteiger partial charge in [0, 0.05) is 0 Å². The smallest absolute Gasteiger partial charge is 0.163 e. The lowest BCUT2D eigenvalue weighted by Gasteiger charge is -2.40. The molecule has 0 aromatic heterocycles. The van der Waals surface area contributed by atoms with E-state index >= 15 is 0 Å². The van der Waals surface area contributed by atoms with Gasteiger partial charge in [-0.15, -0.1) is 0 Å². The van der Waals surface area contributed by atoms with Gasteiger partial charge in [-0.2, -0.15) is 0 Å². The Labute approximate surface area is 164 Å². The van der Waals surface area contributed by atoms with Crippen LogP contribution in [0.5, 0.6) is 0 Å². The number of hydrogen-bond donors (Lipinski definition) is 0. The van der Waals surface area contributed by atoms with Crippen molar-refractivity contribution in [2.75, 3.05) is 0 Å². The van der Waals surface area contributed by atoms with Crippen LogP contribution in [-0.2, 0) is 9.59 Å². The summed E-state index contributed by atoms with van der Waals surface area (Å²) in [5, 5.41) is 0. The zero-order valence-electron chi connectivity index (χ0n) is 17.5. The molecule has 27 heavy (non-hydrogen) atoms. The Morgan fingerprint density at radius 3 is 2.74 bits per heavy atom. The van der Waals surface area contributed by atoms with E-state index in [1.165, 1.54) is 24.0 Å². The monoisotopic (exact) mass is 366 g/mol. The molecule has 0 aromatic carbocycles. The van der Waals surface area contributed by atoms with Gasteiger partial charge in [0.2, 0.25) is 0 Å². The highest BCUT2D eigenvalue weighted by molar-refractivity contribution is 6.01. The Morgan fingerprint density at radius 2 is 2.07 bits per heavy atom. The number of allylic oxidation sites excluding steroid dienone is 8. The number of rotatable bonds is 4. The molecule has 0 radical (unpaired) electrons. The quantitative estimate of drug-likeness (QED) is 0.461. The summed E-state index contributed by atoms with van der Waals surface area (Å²) in [5.74, 6) is 1.84. The van der Waals surface area contributed by atoms with E-state index in [0.717, 1.165) is 24.7 Å². The van der Waals surface area contributed by atoms with Gasteiger partial charge in [-0.1, -0.05) is 49.3 Å². The molecule has 0 aliphatic heterocycles. The third-order valence-electron chi connectivity index (χ3n) is 7.43. The molecule has 0 saturated heterocycles. The lowest BCUT2D eigenvalue weighted by molar-refractivity contribution is -0.119. The van der Waals surface area contributed by atoms with Crippen molar-refractivity contribution < 1.29 is 9.59 Å². The van der Waals surface area contributed by atoms with E-state index in [1.54, 1.807) is 6.08 Å². The van der Waals surface area contributed by atoms with Gasteiger partial charge in [0.25, 0.3) is 0 Å². The number of carbonyl (C=O) groups excluding carboxylic acids is 2. The fourth-order valence-corrected chi connectivity index (χ4v) is 5.88. The molecule has 3 aliphatic rings. The molecular formula is C25H34O2. The Bertz CT molecular complexity index is 731. The van der Waals surface area contributed by atoms with Gasteiger partial charge in [0.1, 0.15) is 6.29 Å². The summed E-state index contributed by atoms with van der Waals surface area (Å²) in [6.07, 6.45) is 16.0. The van der Waals surface area contributed by atoms with E-state index in [9.17, 15) is 9.59 Å². The molecule has 3 aliphatic carbocycles. The number of carbonyl (C=O) groups is 2. The van der Waals surface area contributed by atoms with Crippen LogP contribution in [0.25, 0.3) is 0 Å². The molecule has 1 fully saturated rings. The molecule has 146 valence electrons. The Morgan fingerprint density at radius 1 is 1.33 bits per heavy atom. The summed E-state index contributed by atoms with van der Waals surface area (Å²) in [5.41, 5.74) is 3.45. The summed E-state index contributed by atoms with van der Waals surface area (Å²) < 4.78 is 0. The highest BCUT2D eigenvalue weighted by Crippen LogP contribution is 2.58. The summed E-state index contributed by atoms with van der Waals surface area (Å²) in [4.78, 5) is 24.3. The van der Waals surface area contributed by atoms with Crippen LogP contribution in [0.1, 0.15) is 60.3 Å². The molecule has 0 unspecified atom stereocenters. The first-order valence-corrected chi connectivity index (χ1v) is 10.5. The first kappa shape index (κ1) is 20.0. The van der Waals surface area contributed by atoms with Crippen molar-refractivity contribution in [3.05, 3.63) is 47.1 Å². The minimum Gasteiger partial charge on any atom is -0.298 e. The van der Waals surface area contributed by atoms with E-state index < -0.39 is 0 Å². The van der Waals surface area contributed by atoms with Gasteiger partial charge in [-0.25, -0.2) is 0 Å². The van der Waals surface area contributed by atoms with Crippen LogP contribution in [0.4, 0.5) is 0 Å². The lowest BCUT2D eigenvalue weighted by Crippen LogP contribution is -2.34. The highest BCUT2D eigenvalue weighted by atomic mass is 16.1. The highest BCUT2D eigenvalue weighted by Gasteiger charge is 2.50. The van der Waals surface area contributed by atoms with E-state index in [4.69, 9.17) is 0 Å². The molecule has 2 nitrogen and oxygen atoms in total. The van der Waals surface area contributed by atoms with Gasteiger partial charge < -0.3 is 0 Å². The summed E-state index contributed by atoms with van der Waals surface area (Å²) >= 11 is 0. The van der Waals surface area contributed by atoms with Gasteiger partial charge in [-0.3, -0.25) is 9.59 Å². The fraction of sp³-hybridized carbons (Fsp3) is 0.600. The minimum atomic E-state index is -0.227. The third kappa shape index (κ3) is 3.81. The van der Waals surface area contributed by atoms with Crippen molar-refractivity contribution in [1.82, 2.24) is 0 Å². The van der Waals surface area contributed by atoms with Crippen LogP contribution in [0.3, 0.4) is 0 Å². The first-order chi connectivity index (χ1) is 12.8. The Balaban J connectivity index is 1.90. The molecule has 6 atom stereocenters. The molecular weight excluding hydrogens is 332 g/mol. The van der Waals surface area contributed by atoms with Crippen molar-refractivity contribution in [2.24, 2.45) is 35.0 Å². The van der Waals surface area contributed by atoms with Crippen LogP contribution in [0, 0.1) is 35.0 Å². The Hall–Kier alpha value is -1.70. The molecule has 1 saturated carbocycles. The number of aldehydes is 1. The maximum Gasteiger partial charge on any atom is 0.163 e. The largest absolute Gasteiger partial charge is 0.298 e. The van der Waals surface area contributed by atoms with Gasteiger partial charge >= 0.3 is 0 Å². The van der Waals surface area contributed by atoms with Crippen LogP contribution in [0.2, 0.25) is 0 Å². The van der Waals surface area contributed by atoms with Crippen molar-refractivity contribution in [3.63, 3.8) is 0 Å². The predicted octanol–water partition coefficient (Wildman–Crippen LogP) is 5.86. The zero-order valence-corrected chi connectivity index (χ0v) is 17.5. The second-order valence-electron chi connectivity index (χ2n) is 9.59. The van der Waals surface area contributed by atoms with Gasteiger partial charge in [-0.05, 0) is 87.2 Å². The first-order valence-electron chi connectivity index (χ1n) is 10.5. The molecule has 2 heteroatoms. The molecule has 0 N–H and O–H groups in total. The van der Waals surface area contributed by atoms with Crippen molar-refractivity contribution in [2.45, 2.75) is 60.3 Å². The lowest BCUT2D eigenvalue weighted by atomic mass is 9.63. The molecule has 0 spiro atoms. The molecule has 3 rings (SSSR count). The zero-order chi connectivity index (χ0) is 19.8. The predicted molar refractivity (Wildman–Crippen MR) is 111 cm³/mol. The van der Waals surface area contributed by atoms with E-state index in [0.29, 0.717) is 17.8 Å². The van der Waals surface area contributed by atoms with E-state index in [1.807, 2.05) is 0 Å². The maximum atomic E-state index is 12.5. The van der Waals surface area contributed by atoms with Crippen molar-refractivity contribution >= 4 is 12.1 Å². The summed E-state index contributed by atoms with van der Waals surface area (Å²) in [6.45, 7) is 11.1. The topological polar surface area (TPSA) is 34.1 Å². The average Bonchev–Trinajstić information content (AvgIpc) is 3.04. The van der Waals surface area contributed by atoms with Crippen LogP contribution in [-0.4, -0.2) is 12.1 Å². The SMILES string of the molecule is CC(C)=CC=C[C@H](C)[C@H]1CC[C@]2(C)C[C@@H]3C(C)=CC(=O)[C@H]3C(C=O)=CC[C@@H]12. The normalized spacial score (nSPS) is 37.0. The summed E-state index contributed by atoms with van der Waals surface area (Å²) in [6, 6.07) is 0. The van der Waals surface area contributed by atoms with Crippen LogP contribution < -0.4 is 0 Å². The fourth-order valence-electron chi connectivity index (χ4n) is 5.88. The molecule has 0 bridgehead atoms. The van der Waals surface area contributed by atoms with Gasteiger partial charge in [0.05, 0.1) is 5.92 Å². The molecule has 0 heterocycles. The number of fused-ring (bicyclic) bond motifs is 2. The van der Waals surface area contributed by atoms with Gasteiger partial charge in [0.15, 0.2) is 5.78 Å². The van der Waals surface area contributed by atoms with Crippen LogP contribution >= 0.6 is 0 Å². The number of ketones is 1. The second kappa shape index (κ2) is 7.73. The average molecular weight is 367 g/mol. The third-order valence-corrected chi connectivity index (χ3v) is 7.43. The maximum absolute atomic E-state index is 12.5. The standard InChI is InChI=1S/C25H34O2/c1-16(2)7-6-8-17(3)20-11-12-25(5)14-21-18(4)13-23(27)24(21)19(15-26)9-10-22(20)25/h6-9,13,15,17,20-22,24H,10-12,14H2,1-5H3/t17-,20+,21+,22-,24-,25+/m0/s1. The number of hydrogen-bond acceptors (Lipinski definition) is 2.